The van der Waals surface area contributed by atoms with Gasteiger partial charge in [0.25, 0.3) is 0 Å². The van der Waals surface area contributed by atoms with Crippen molar-refractivity contribution in [3.05, 3.63) is 81.9 Å². The molecule has 4 heteroatoms. The first-order chi connectivity index (χ1) is 14.0. The van der Waals surface area contributed by atoms with Crippen molar-refractivity contribution < 1.29 is 0 Å². The van der Waals surface area contributed by atoms with E-state index in [9.17, 15) is 0 Å². The number of likely N-dealkylation sites (tertiary alicyclic amines) is 1. The molecule has 3 aromatic rings. The first kappa shape index (κ1) is 19.8. The number of hydrogen-bond acceptors (Lipinski definition) is 3. The van der Waals surface area contributed by atoms with E-state index in [1.165, 1.54) is 40.8 Å². The zero-order valence-electron chi connectivity index (χ0n) is 18.2. The molecule has 1 aliphatic rings. The maximum Gasteiger partial charge on any atom is 0.0638 e. The maximum absolute atomic E-state index is 4.95. The summed E-state index contributed by atoms with van der Waals surface area (Å²) in [6, 6.07) is 13.8. The molecular weight excluding hydrogens is 356 g/mol. The first-order valence-electron chi connectivity index (χ1n) is 10.8. The average molecular weight is 389 g/mol. The van der Waals surface area contributed by atoms with Crippen LogP contribution in [0.15, 0.2) is 42.6 Å². The highest BCUT2D eigenvalue weighted by Gasteiger charge is 2.28. The predicted octanol–water partition coefficient (Wildman–Crippen LogP) is 5.15. The van der Waals surface area contributed by atoms with Gasteiger partial charge in [0.1, 0.15) is 0 Å². The zero-order chi connectivity index (χ0) is 20.4. The fourth-order valence-electron chi connectivity index (χ4n) is 4.54. The van der Waals surface area contributed by atoms with Crippen LogP contribution in [0.5, 0.6) is 0 Å². The van der Waals surface area contributed by atoms with E-state index in [0.29, 0.717) is 6.04 Å². The standard InChI is InChI=1S/C25H32N4/c1-5-29-17-23(20(4)27-29)16-28-11-7-10-25(28)24-15-22(13-19(3)26-24)14-21-9-6-8-18(2)12-21/h6,8-9,12-13,15,17,25H,5,7,10-11,14,16H2,1-4H3/t25-/m1/s1. The van der Waals surface area contributed by atoms with Crippen LogP contribution in [-0.4, -0.2) is 26.2 Å². The lowest BCUT2D eigenvalue weighted by atomic mass is 10.0. The Bertz CT molecular complexity index is 988. The molecule has 0 saturated carbocycles. The Balaban J connectivity index is 1.56. The summed E-state index contributed by atoms with van der Waals surface area (Å²) in [5.74, 6) is 0. The van der Waals surface area contributed by atoms with Gasteiger partial charge in [0.2, 0.25) is 0 Å². The molecule has 1 aliphatic heterocycles. The van der Waals surface area contributed by atoms with Gasteiger partial charge >= 0.3 is 0 Å². The summed E-state index contributed by atoms with van der Waals surface area (Å²) in [7, 11) is 0. The average Bonchev–Trinajstić information content (AvgIpc) is 3.28. The Morgan fingerprint density at radius 1 is 1.07 bits per heavy atom. The third-order valence-corrected chi connectivity index (χ3v) is 5.97. The number of aromatic nitrogens is 3. The minimum atomic E-state index is 0.399. The SMILES string of the molecule is CCn1cc(CN2CCC[C@@H]2c2cc(Cc3cccc(C)c3)cc(C)n2)c(C)n1. The molecule has 1 saturated heterocycles. The van der Waals surface area contributed by atoms with E-state index in [0.717, 1.165) is 37.4 Å². The summed E-state index contributed by atoms with van der Waals surface area (Å²) in [4.78, 5) is 7.53. The van der Waals surface area contributed by atoms with Crippen molar-refractivity contribution in [1.82, 2.24) is 19.7 Å². The predicted molar refractivity (Wildman–Crippen MR) is 118 cm³/mol. The van der Waals surface area contributed by atoms with Crippen LogP contribution in [0.1, 0.15) is 65.1 Å². The van der Waals surface area contributed by atoms with Crippen LogP contribution in [0.3, 0.4) is 0 Å². The number of benzene rings is 1. The quantitative estimate of drug-likeness (QED) is 0.585. The second-order valence-corrected chi connectivity index (χ2v) is 8.43. The van der Waals surface area contributed by atoms with Crippen molar-refractivity contribution in [3.8, 4) is 0 Å². The lowest BCUT2D eigenvalue weighted by Gasteiger charge is -2.24. The van der Waals surface area contributed by atoms with Gasteiger partial charge in [0.05, 0.1) is 17.4 Å². The molecule has 0 N–H and O–H groups in total. The van der Waals surface area contributed by atoms with Crippen molar-refractivity contribution in [1.29, 1.82) is 0 Å². The van der Waals surface area contributed by atoms with E-state index in [2.05, 4.69) is 80.3 Å². The van der Waals surface area contributed by atoms with E-state index in [1.807, 2.05) is 4.68 Å². The molecule has 0 spiro atoms. The number of hydrogen-bond donors (Lipinski definition) is 0. The summed E-state index contributed by atoms with van der Waals surface area (Å²) < 4.78 is 2.04. The monoisotopic (exact) mass is 388 g/mol. The number of pyridine rings is 1. The van der Waals surface area contributed by atoms with Gasteiger partial charge in [0.15, 0.2) is 0 Å². The normalized spacial score (nSPS) is 17.2. The Labute approximate surface area is 174 Å². The molecule has 0 unspecified atom stereocenters. The van der Waals surface area contributed by atoms with Gasteiger partial charge in [0, 0.05) is 30.5 Å². The third-order valence-electron chi connectivity index (χ3n) is 5.97. The van der Waals surface area contributed by atoms with Gasteiger partial charge in [-0.05, 0) is 76.8 Å². The second kappa shape index (κ2) is 8.50. The van der Waals surface area contributed by atoms with E-state index in [4.69, 9.17) is 4.98 Å². The lowest BCUT2D eigenvalue weighted by Crippen LogP contribution is -2.24. The van der Waals surface area contributed by atoms with Crippen LogP contribution in [0.2, 0.25) is 0 Å². The summed E-state index contributed by atoms with van der Waals surface area (Å²) in [6.45, 7) is 11.6. The van der Waals surface area contributed by atoms with Crippen molar-refractivity contribution in [2.75, 3.05) is 6.54 Å². The largest absolute Gasteiger partial charge is 0.290 e. The molecule has 1 aromatic carbocycles. The number of aryl methyl sites for hydroxylation is 4. The molecule has 0 aliphatic carbocycles. The Hall–Kier alpha value is -2.46. The van der Waals surface area contributed by atoms with Gasteiger partial charge in [-0.25, -0.2) is 0 Å². The Morgan fingerprint density at radius 3 is 2.69 bits per heavy atom. The van der Waals surface area contributed by atoms with Crippen LogP contribution in [-0.2, 0) is 19.5 Å². The minimum absolute atomic E-state index is 0.399. The van der Waals surface area contributed by atoms with E-state index in [1.54, 1.807) is 0 Å². The first-order valence-corrected chi connectivity index (χ1v) is 10.8. The van der Waals surface area contributed by atoms with Crippen LogP contribution in [0.4, 0.5) is 0 Å². The fraction of sp³-hybridized carbons (Fsp3) is 0.440. The number of rotatable bonds is 6. The van der Waals surface area contributed by atoms with Crippen LogP contribution >= 0.6 is 0 Å². The van der Waals surface area contributed by atoms with Crippen molar-refractivity contribution in [2.45, 2.75) is 66.1 Å². The molecule has 0 amide bonds. The minimum Gasteiger partial charge on any atom is -0.290 e. The maximum atomic E-state index is 4.95. The highest BCUT2D eigenvalue weighted by molar-refractivity contribution is 5.32. The molecule has 152 valence electrons. The lowest BCUT2D eigenvalue weighted by molar-refractivity contribution is 0.243. The van der Waals surface area contributed by atoms with E-state index >= 15 is 0 Å². The molecule has 29 heavy (non-hydrogen) atoms. The third kappa shape index (κ3) is 4.59. The van der Waals surface area contributed by atoms with E-state index < -0.39 is 0 Å². The summed E-state index contributed by atoms with van der Waals surface area (Å²) in [6.07, 6.45) is 5.58. The Morgan fingerprint density at radius 2 is 1.93 bits per heavy atom. The second-order valence-electron chi connectivity index (χ2n) is 8.43. The topological polar surface area (TPSA) is 34.0 Å². The molecule has 1 fully saturated rings. The summed E-state index contributed by atoms with van der Waals surface area (Å²) >= 11 is 0. The molecule has 0 bridgehead atoms. The van der Waals surface area contributed by atoms with Gasteiger partial charge < -0.3 is 0 Å². The summed E-state index contributed by atoms with van der Waals surface area (Å²) in [5, 5.41) is 4.63. The molecule has 4 nitrogen and oxygen atoms in total. The molecule has 3 heterocycles. The van der Waals surface area contributed by atoms with Crippen molar-refractivity contribution >= 4 is 0 Å². The van der Waals surface area contributed by atoms with Crippen molar-refractivity contribution in [2.24, 2.45) is 0 Å². The van der Waals surface area contributed by atoms with Gasteiger partial charge in [-0.2, -0.15) is 5.10 Å². The van der Waals surface area contributed by atoms with Crippen LogP contribution in [0.25, 0.3) is 0 Å². The fourth-order valence-corrected chi connectivity index (χ4v) is 4.54. The van der Waals surface area contributed by atoms with Crippen LogP contribution in [0, 0.1) is 20.8 Å². The van der Waals surface area contributed by atoms with Gasteiger partial charge in [-0.15, -0.1) is 0 Å². The highest BCUT2D eigenvalue weighted by Crippen LogP contribution is 2.33. The van der Waals surface area contributed by atoms with Gasteiger partial charge in [-0.3, -0.25) is 14.6 Å². The molecular formula is C25H32N4. The zero-order valence-corrected chi connectivity index (χ0v) is 18.2. The molecule has 2 aromatic heterocycles. The van der Waals surface area contributed by atoms with Gasteiger partial charge in [-0.1, -0.05) is 29.8 Å². The van der Waals surface area contributed by atoms with Crippen LogP contribution < -0.4 is 0 Å². The van der Waals surface area contributed by atoms with Crippen molar-refractivity contribution in [3.63, 3.8) is 0 Å². The Kier molecular flexibility index (Phi) is 5.81. The molecule has 1 atom stereocenters. The number of nitrogens with zero attached hydrogens (tertiary/aromatic N) is 4. The molecule has 0 radical (unpaired) electrons. The van der Waals surface area contributed by atoms with E-state index in [-0.39, 0.29) is 0 Å². The highest BCUT2D eigenvalue weighted by atomic mass is 15.3. The summed E-state index contributed by atoms with van der Waals surface area (Å²) in [5.41, 5.74) is 8.88. The smallest absolute Gasteiger partial charge is 0.0638 e. The molecule has 4 rings (SSSR count).